The molecular weight excluding hydrogens is 286 g/mol. The van der Waals surface area contributed by atoms with Crippen molar-refractivity contribution in [1.82, 2.24) is 14.8 Å². The van der Waals surface area contributed by atoms with E-state index in [0.29, 0.717) is 50.1 Å². The lowest BCUT2D eigenvalue weighted by molar-refractivity contribution is 0.0543. The van der Waals surface area contributed by atoms with E-state index in [0.717, 1.165) is 0 Å². The molecule has 1 aliphatic rings. The molecule has 1 aromatic rings. The standard InChI is InChI=1S/C15H23N3O4/c1-5-21-15(20)18-8-6-17(7-9-18)14(19)13-12(10(2)3)16-11(4)22-13/h10H,5-9H2,1-4H3. The van der Waals surface area contributed by atoms with Crippen molar-refractivity contribution in [2.24, 2.45) is 0 Å². The molecule has 0 unspecified atom stereocenters. The van der Waals surface area contributed by atoms with Crippen molar-refractivity contribution in [3.63, 3.8) is 0 Å². The molecule has 7 nitrogen and oxygen atoms in total. The fraction of sp³-hybridized carbons (Fsp3) is 0.667. The first kappa shape index (κ1) is 16.3. The van der Waals surface area contributed by atoms with Crippen LogP contribution in [0.2, 0.25) is 0 Å². The Labute approximate surface area is 130 Å². The molecule has 22 heavy (non-hydrogen) atoms. The van der Waals surface area contributed by atoms with Crippen molar-refractivity contribution < 1.29 is 18.7 Å². The number of nitrogens with zero attached hydrogens (tertiary/aromatic N) is 3. The van der Waals surface area contributed by atoms with Crippen LogP contribution in [0.5, 0.6) is 0 Å². The highest BCUT2D eigenvalue weighted by Gasteiger charge is 2.30. The van der Waals surface area contributed by atoms with E-state index < -0.39 is 0 Å². The smallest absolute Gasteiger partial charge is 0.409 e. The first-order valence-electron chi connectivity index (χ1n) is 7.62. The van der Waals surface area contributed by atoms with Gasteiger partial charge in [0.1, 0.15) is 0 Å². The van der Waals surface area contributed by atoms with E-state index in [1.165, 1.54) is 0 Å². The summed E-state index contributed by atoms with van der Waals surface area (Å²) in [6, 6.07) is 0. The summed E-state index contributed by atoms with van der Waals surface area (Å²) in [5.74, 6) is 0.777. The van der Waals surface area contributed by atoms with Crippen molar-refractivity contribution in [2.45, 2.75) is 33.6 Å². The minimum atomic E-state index is -0.326. The van der Waals surface area contributed by atoms with Gasteiger partial charge in [0.25, 0.3) is 5.91 Å². The molecule has 0 bridgehead atoms. The van der Waals surface area contributed by atoms with Gasteiger partial charge >= 0.3 is 6.09 Å². The molecule has 122 valence electrons. The minimum absolute atomic E-state index is 0.122. The van der Waals surface area contributed by atoms with E-state index in [-0.39, 0.29) is 17.9 Å². The maximum atomic E-state index is 12.6. The van der Waals surface area contributed by atoms with Gasteiger partial charge in [0.2, 0.25) is 5.76 Å². The number of carbonyl (C=O) groups excluding carboxylic acids is 2. The van der Waals surface area contributed by atoms with Crippen LogP contribution in [0.4, 0.5) is 4.79 Å². The summed E-state index contributed by atoms with van der Waals surface area (Å²) in [6.45, 7) is 9.69. The highest BCUT2D eigenvalue weighted by molar-refractivity contribution is 5.92. The molecule has 0 aromatic carbocycles. The zero-order valence-electron chi connectivity index (χ0n) is 13.6. The zero-order valence-corrected chi connectivity index (χ0v) is 13.6. The first-order valence-corrected chi connectivity index (χ1v) is 7.62. The molecule has 0 N–H and O–H groups in total. The van der Waals surface area contributed by atoms with Crippen molar-refractivity contribution in [2.75, 3.05) is 32.8 Å². The van der Waals surface area contributed by atoms with Gasteiger partial charge in [0.05, 0.1) is 12.3 Å². The van der Waals surface area contributed by atoms with Gasteiger partial charge in [-0.15, -0.1) is 0 Å². The molecule has 1 fully saturated rings. The van der Waals surface area contributed by atoms with Crippen LogP contribution in [0.1, 0.15) is 48.8 Å². The number of oxazole rings is 1. The van der Waals surface area contributed by atoms with Crippen molar-refractivity contribution in [3.05, 3.63) is 17.3 Å². The van der Waals surface area contributed by atoms with Crippen LogP contribution in [0.3, 0.4) is 0 Å². The Morgan fingerprint density at radius 2 is 1.82 bits per heavy atom. The van der Waals surface area contributed by atoms with Crippen LogP contribution in [-0.2, 0) is 4.74 Å². The number of ether oxygens (including phenoxy) is 1. The van der Waals surface area contributed by atoms with E-state index in [4.69, 9.17) is 9.15 Å². The third kappa shape index (κ3) is 3.40. The second-order valence-electron chi connectivity index (χ2n) is 5.58. The molecule has 0 atom stereocenters. The molecule has 1 aromatic heterocycles. The van der Waals surface area contributed by atoms with Gasteiger partial charge in [0, 0.05) is 33.1 Å². The maximum Gasteiger partial charge on any atom is 0.409 e. The van der Waals surface area contributed by atoms with E-state index in [1.54, 1.807) is 23.6 Å². The van der Waals surface area contributed by atoms with E-state index in [1.807, 2.05) is 13.8 Å². The quantitative estimate of drug-likeness (QED) is 0.854. The van der Waals surface area contributed by atoms with Gasteiger partial charge in [-0.05, 0) is 12.8 Å². The van der Waals surface area contributed by atoms with Crippen LogP contribution in [0.25, 0.3) is 0 Å². The number of rotatable bonds is 3. The number of amides is 2. The van der Waals surface area contributed by atoms with Gasteiger partial charge in [-0.3, -0.25) is 4.79 Å². The van der Waals surface area contributed by atoms with Crippen LogP contribution >= 0.6 is 0 Å². The lowest BCUT2D eigenvalue weighted by Gasteiger charge is -2.33. The van der Waals surface area contributed by atoms with E-state index >= 15 is 0 Å². The largest absolute Gasteiger partial charge is 0.450 e. The van der Waals surface area contributed by atoms with Gasteiger partial charge in [-0.25, -0.2) is 9.78 Å². The van der Waals surface area contributed by atoms with Crippen molar-refractivity contribution in [3.8, 4) is 0 Å². The van der Waals surface area contributed by atoms with E-state index in [2.05, 4.69) is 4.98 Å². The third-order valence-corrected chi connectivity index (χ3v) is 3.59. The van der Waals surface area contributed by atoms with Gasteiger partial charge in [-0.1, -0.05) is 13.8 Å². The average molecular weight is 309 g/mol. The van der Waals surface area contributed by atoms with Crippen molar-refractivity contribution in [1.29, 1.82) is 0 Å². The minimum Gasteiger partial charge on any atom is -0.450 e. The summed E-state index contributed by atoms with van der Waals surface area (Å²) >= 11 is 0. The monoisotopic (exact) mass is 309 g/mol. The molecule has 0 aliphatic carbocycles. The second kappa shape index (κ2) is 6.81. The fourth-order valence-corrected chi connectivity index (χ4v) is 2.44. The van der Waals surface area contributed by atoms with Crippen LogP contribution in [0.15, 0.2) is 4.42 Å². The molecule has 1 saturated heterocycles. The molecule has 2 heterocycles. The van der Waals surface area contributed by atoms with Crippen LogP contribution < -0.4 is 0 Å². The summed E-state index contributed by atoms with van der Waals surface area (Å²) in [5.41, 5.74) is 0.690. The molecule has 7 heteroatoms. The molecule has 2 rings (SSSR count). The van der Waals surface area contributed by atoms with Gasteiger partial charge in [-0.2, -0.15) is 0 Å². The Hall–Kier alpha value is -2.05. The molecule has 0 spiro atoms. The number of aromatic nitrogens is 1. The molecular formula is C15H23N3O4. The number of aryl methyl sites for hydroxylation is 1. The summed E-state index contributed by atoms with van der Waals surface area (Å²) in [4.78, 5) is 31.9. The summed E-state index contributed by atoms with van der Waals surface area (Å²) in [6.07, 6.45) is -0.326. The second-order valence-corrected chi connectivity index (χ2v) is 5.58. The number of carbonyl (C=O) groups is 2. The Morgan fingerprint density at radius 3 is 2.36 bits per heavy atom. The fourth-order valence-electron chi connectivity index (χ4n) is 2.44. The van der Waals surface area contributed by atoms with Crippen LogP contribution in [0, 0.1) is 6.92 Å². The highest BCUT2D eigenvalue weighted by atomic mass is 16.6. The van der Waals surface area contributed by atoms with Gasteiger partial charge < -0.3 is 19.0 Å². The number of hydrogen-bond acceptors (Lipinski definition) is 5. The number of piperazine rings is 1. The SMILES string of the molecule is CCOC(=O)N1CCN(C(=O)c2oc(C)nc2C(C)C)CC1. The molecule has 1 aliphatic heterocycles. The zero-order chi connectivity index (χ0) is 16.3. The Balaban J connectivity index is 2.02. The first-order chi connectivity index (χ1) is 10.4. The molecule has 2 amide bonds. The Kier molecular flexibility index (Phi) is 5.05. The average Bonchev–Trinajstić information content (AvgIpc) is 2.89. The third-order valence-electron chi connectivity index (χ3n) is 3.59. The lowest BCUT2D eigenvalue weighted by atomic mass is 10.1. The number of hydrogen-bond donors (Lipinski definition) is 0. The lowest BCUT2D eigenvalue weighted by Crippen LogP contribution is -2.50. The van der Waals surface area contributed by atoms with E-state index in [9.17, 15) is 9.59 Å². The normalized spacial score (nSPS) is 15.3. The summed E-state index contributed by atoms with van der Waals surface area (Å²) in [7, 11) is 0. The Morgan fingerprint density at radius 1 is 1.23 bits per heavy atom. The predicted molar refractivity (Wildman–Crippen MR) is 79.8 cm³/mol. The molecule has 0 radical (unpaired) electrons. The van der Waals surface area contributed by atoms with Gasteiger partial charge in [0.15, 0.2) is 5.89 Å². The Bertz CT molecular complexity index is 545. The van der Waals surface area contributed by atoms with Crippen molar-refractivity contribution >= 4 is 12.0 Å². The summed E-state index contributed by atoms with van der Waals surface area (Å²) < 4.78 is 10.5. The summed E-state index contributed by atoms with van der Waals surface area (Å²) in [5, 5.41) is 0. The van der Waals surface area contributed by atoms with Crippen LogP contribution in [-0.4, -0.2) is 59.6 Å². The molecule has 0 saturated carbocycles. The predicted octanol–water partition coefficient (Wildman–Crippen LogP) is 2.02. The highest BCUT2D eigenvalue weighted by Crippen LogP contribution is 2.22. The maximum absolute atomic E-state index is 12.6. The topological polar surface area (TPSA) is 75.9 Å².